The summed E-state index contributed by atoms with van der Waals surface area (Å²) in [4.78, 5) is 12.3. The summed E-state index contributed by atoms with van der Waals surface area (Å²) in [7, 11) is 0. The van der Waals surface area contributed by atoms with Crippen LogP contribution < -0.4 is 5.32 Å². The molecule has 0 saturated carbocycles. The molecule has 1 amide bonds. The molecule has 0 saturated heterocycles. The van der Waals surface area contributed by atoms with E-state index < -0.39 is 0 Å². The second-order valence-electron chi connectivity index (χ2n) is 5.99. The molecule has 1 N–H and O–H groups in total. The number of thioether (sulfide) groups is 1. The van der Waals surface area contributed by atoms with Gasteiger partial charge in [-0.15, -0.1) is 5.10 Å². The molecular weight excluding hydrogens is 382 g/mol. The second-order valence-corrected chi connectivity index (χ2v) is 8.83. The number of benzene rings is 2. The van der Waals surface area contributed by atoms with Crippen molar-refractivity contribution in [1.29, 1.82) is 0 Å². The van der Waals surface area contributed by atoms with Crippen LogP contribution in [0.25, 0.3) is 5.69 Å². The highest BCUT2D eigenvalue weighted by Gasteiger charge is 2.11. The first-order valence-electron chi connectivity index (χ1n) is 8.10. The highest BCUT2D eigenvalue weighted by atomic mass is 32.2. The Balaban J connectivity index is 1.68. The SMILES string of the molecule is Cc1ccc(C)c(NC(=O)CSc2nn(-c3ccccc3C)c(=S)s2)c1. The molecule has 0 aliphatic carbocycles. The highest BCUT2D eigenvalue weighted by molar-refractivity contribution is 8.01. The zero-order valence-electron chi connectivity index (χ0n) is 14.8. The van der Waals surface area contributed by atoms with Crippen LogP contribution in [0.4, 0.5) is 5.69 Å². The smallest absolute Gasteiger partial charge is 0.234 e. The molecule has 4 nitrogen and oxygen atoms in total. The average Bonchev–Trinajstić information content (AvgIpc) is 2.97. The molecule has 26 heavy (non-hydrogen) atoms. The minimum Gasteiger partial charge on any atom is -0.325 e. The van der Waals surface area contributed by atoms with Gasteiger partial charge in [0, 0.05) is 5.69 Å². The Hall–Kier alpha value is -1.96. The minimum atomic E-state index is -0.0488. The fraction of sp³-hybridized carbons (Fsp3) is 0.211. The number of anilines is 1. The third-order valence-electron chi connectivity index (χ3n) is 3.87. The molecule has 0 aliphatic heterocycles. The van der Waals surface area contributed by atoms with Crippen molar-refractivity contribution >= 4 is 46.9 Å². The topological polar surface area (TPSA) is 46.9 Å². The maximum Gasteiger partial charge on any atom is 0.234 e. The fourth-order valence-electron chi connectivity index (χ4n) is 2.46. The van der Waals surface area contributed by atoms with Gasteiger partial charge in [0.1, 0.15) is 0 Å². The molecule has 0 fully saturated rings. The molecule has 1 heterocycles. The second kappa shape index (κ2) is 8.16. The zero-order chi connectivity index (χ0) is 18.7. The Bertz CT molecular complexity index is 1010. The van der Waals surface area contributed by atoms with E-state index >= 15 is 0 Å². The number of carbonyl (C=O) groups excluding carboxylic acids is 1. The Kier molecular flexibility index (Phi) is 5.90. The van der Waals surface area contributed by atoms with Crippen molar-refractivity contribution in [2.45, 2.75) is 25.1 Å². The molecule has 0 bridgehead atoms. The van der Waals surface area contributed by atoms with Gasteiger partial charge in [-0.3, -0.25) is 4.79 Å². The van der Waals surface area contributed by atoms with Gasteiger partial charge in [0.15, 0.2) is 8.29 Å². The molecule has 7 heteroatoms. The fourth-order valence-corrected chi connectivity index (χ4v) is 4.60. The third-order valence-corrected chi connectivity index (χ3v) is 6.23. The Morgan fingerprint density at radius 2 is 1.96 bits per heavy atom. The number of amides is 1. The number of nitrogens with zero attached hydrogens (tertiary/aromatic N) is 2. The van der Waals surface area contributed by atoms with Gasteiger partial charge in [0.05, 0.1) is 11.4 Å². The molecule has 0 atom stereocenters. The van der Waals surface area contributed by atoms with E-state index in [-0.39, 0.29) is 5.91 Å². The summed E-state index contributed by atoms with van der Waals surface area (Å²) in [5.74, 6) is 0.246. The maximum atomic E-state index is 12.3. The van der Waals surface area contributed by atoms with Crippen LogP contribution in [0.1, 0.15) is 16.7 Å². The molecule has 0 spiro atoms. The van der Waals surface area contributed by atoms with Gasteiger partial charge >= 0.3 is 0 Å². The van der Waals surface area contributed by atoms with Crippen molar-refractivity contribution in [1.82, 2.24) is 9.78 Å². The summed E-state index contributed by atoms with van der Waals surface area (Å²) < 4.78 is 3.23. The Labute approximate surface area is 166 Å². The third kappa shape index (κ3) is 4.41. The number of aromatic nitrogens is 2. The lowest BCUT2D eigenvalue weighted by atomic mass is 10.1. The Morgan fingerprint density at radius 1 is 1.19 bits per heavy atom. The van der Waals surface area contributed by atoms with Crippen molar-refractivity contribution < 1.29 is 4.79 Å². The van der Waals surface area contributed by atoms with E-state index in [1.807, 2.05) is 63.2 Å². The number of para-hydroxylation sites is 1. The summed E-state index contributed by atoms with van der Waals surface area (Å²) in [5, 5.41) is 7.53. The van der Waals surface area contributed by atoms with Gasteiger partial charge in [-0.2, -0.15) is 0 Å². The van der Waals surface area contributed by atoms with Gasteiger partial charge in [0.25, 0.3) is 0 Å². The molecule has 0 radical (unpaired) electrons. The number of hydrogen-bond acceptors (Lipinski definition) is 5. The highest BCUT2D eigenvalue weighted by Crippen LogP contribution is 2.25. The summed E-state index contributed by atoms with van der Waals surface area (Å²) in [6.07, 6.45) is 0. The van der Waals surface area contributed by atoms with E-state index in [9.17, 15) is 4.79 Å². The van der Waals surface area contributed by atoms with Gasteiger partial charge in [0.2, 0.25) is 5.91 Å². The van der Waals surface area contributed by atoms with Gasteiger partial charge < -0.3 is 5.32 Å². The van der Waals surface area contributed by atoms with Crippen LogP contribution in [0.2, 0.25) is 0 Å². The van der Waals surface area contributed by atoms with Gasteiger partial charge in [-0.25, -0.2) is 4.68 Å². The summed E-state index contributed by atoms with van der Waals surface area (Å²) in [6, 6.07) is 14.0. The predicted molar refractivity (Wildman–Crippen MR) is 112 cm³/mol. The number of rotatable bonds is 5. The predicted octanol–water partition coefficient (Wildman–Crippen LogP) is 5.32. The first-order valence-corrected chi connectivity index (χ1v) is 10.3. The molecular formula is C19H19N3OS3. The van der Waals surface area contributed by atoms with Crippen LogP contribution in [0.15, 0.2) is 46.8 Å². The zero-order valence-corrected chi connectivity index (χ0v) is 17.2. The van der Waals surface area contributed by atoms with Crippen LogP contribution in [-0.4, -0.2) is 21.4 Å². The summed E-state index contributed by atoms with van der Waals surface area (Å²) >= 11 is 8.26. The summed E-state index contributed by atoms with van der Waals surface area (Å²) in [6.45, 7) is 6.02. The van der Waals surface area contributed by atoms with E-state index in [2.05, 4.69) is 10.4 Å². The normalized spacial score (nSPS) is 10.7. The number of aryl methyl sites for hydroxylation is 3. The lowest BCUT2D eigenvalue weighted by Gasteiger charge is -2.08. The van der Waals surface area contributed by atoms with Crippen LogP contribution >= 0.6 is 35.3 Å². The molecule has 1 aromatic heterocycles. The standard InChI is InChI=1S/C19H19N3OS3/c1-12-8-9-13(2)15(10-12)20-17(23)11-25-18-21-22(19(24)26-18)16-7-5-4-6-14(16)3/h4-10H,11H2,1-3H3,(H,20,23). The quantitative estimate of drug-likeness (QED) is 0.464. The lowest BCUT2D eigenvalue weighted by molar-refractivity contribution is -0.113. The molecule has 2 aromatic carbocycles. The van der Waals surface area contributed by atoms with Crippen molar-refractivity contribution in [2.24, 2.45) is 0 Å². The average molecular weight is 402 g/mol. The Morgan fingerprint density at radius 3 is 2.73 bits per heavy atom. The largest absolute Gasteiger partial charge is 0.325 e. The van der Waals surface area contributed by atoms with E-state index in [4.69, 9.17) is 12.2 Å². The molecule has 3 rings (SSSR count). The van der Waals surface area contributed by atoms with Crippen LogP contribution in [0.3, 0.4) is 0 Å². The van der Waals surface area contributed by atoms with Crippen LogP contribution in [-0.2, 0) is 4.79 Å². The molecule has 0 unspecified atom stereocenters. The lowest BCUT2D eigenvalue weighted by Crippen LogP contribution is -2.15. The first kappa shape index (κ1) is 18.8. The monoisotopic (exact) mass is 401 g/mol. The van der Waals surface area contributed by atoms with Crippen molar-refractivity contribution in [3.05, 3.63) is 63.1 Å². The summed E-state index contributed by atoms with van der Waals surface area (Å²) in [5.41, 5.74) is 5.11. The molecule has 134 valence electrons. The molecule has 3 aromatic rings. The molecule has 0 aliphatic rings. The maximum absolute atomic E-state index is 12.3. The van der Waals surface area contributed by atoms with E-state index in [0.29, 0.717) is 9.71 Å². The van der Waals surface area contributed by atoms with E-state index in [1.54, 1.807) is 4.68 Å². The number of hydrogen-bond donors (Lipinski definition) is 1. The minimum absolute atomic E-state index is 0.0488. The number of carbonyl (C=O) groups is 1. The van der Waals surface area contributed by atoms with Crippen molar-refractivity contribution in [2.75, 3.05) is 11.1 Å². The van der Waals surface area contributed by atoms with E-state index in [1.165, 1.54) is 23.1 Å². The van der Waals surface area contributed by atoms with E-state index in [0.717, 1.165) is 32.4 Å². The van der Waals surface area contributed by atoms with Gasteiger partial charge in [-0.1, -0.05) is 53.4 Å². The van der Waals surface area contributed by atoms with Crippen molar-refractivity contribution in [3.63, 3.8) is 0 Å². The first-order chi connectivity index (χ1) is 12.4. The van der Waals surface area contributed by atoms with Gasteiger partial charge in [-0.05, 0) is 61.8 Å². The van der Waals surface area contributed by atoms with Crippen molar-refractivity contribution in [3.8, 4) is 5.69 Å². The van der Waals surface area contributed by atoms with Crippen LogP contribution in [0, 0.1) is 24.7 Å². The number of nitrogens with one attached hydrogen (secondary N) is 1. The van der Waals surface area contributed by atoms with Crippen LogP contribution in [0.5, 0.6) is 0 Å².